The van der Waals surface area contributed by atoms with Gasteiger partial charge in [-0.2, -0.15) is 0 Å². The standard InChI is InChI=1S/C18H16N2O2/c21-18(20-15-9-13-3-1-2-4-14(13)10-15)22-16-6-5-12-7-8-19-17(12)11-16/h1-8,11,15,19H,9-10H2,(H,20,21). The number of rotatable bonds is 2. The van der Waals surface area contributed by atoms with Crippen molar-refractivity contribution < 1.29 is 9.53 Å². The Morgan fingerprint density at radius 3 is 2.64 bits per heavy atom. The molecule has 1 aromatic heterocycles. The molecule has 0 saturated carbocycles. The van der Waals surface area contributed by atoms with Crippen LogP contribution < -0.4 is 10.1 Å². The highest BCUT2D eigenvalue weighted by molar-refractivity contribution is 5.81. The van der Waals surface area contributed by atoms with Gasteiger partial charge in [-0.05, 0) is 47.6 Å². The molecule has 0 saturated heterocycles. The minimum atomic E-state index is -0.399. The van der Waals surface area contributed by atoms with Crippen molar-refractivity contribution in [1.29, 1.82) is 0 Å². The normalized spacial score (nSPS) is 14.0. The van der Waals surface area contributed by atoms with Crippen LogP contribution in [-0.2, 0) is 12.8 Å². The number of carbonyl (C=O) groups excluding carboxylic acids is 1. The number of nitrogens with one attached hydrogen (secondary N) is 2. The fourth-order valence-electron chi connectivity index (χ4n) is 3.05. The van der Waals surface area contributed by atoms with Crippen molar-refractivity contribution in [3.05, 3.63) is 65.9 Å². The van der Waals surface area contributed by atoms with Crippen LogP contribution in [0.15, 0.2) is 54.7 Å². The molecule has 0 fully saturated rings. The summed E-state index contributed by atoms with van der Waals surface area (Å²) in [7, 11) is 0. The molecule has 3 aromatic rings. The monoisotopic (exact) mass is 292 g/mol. The van der Waals surface area contributed by atoms with Crippen LogP contribution in [0.3, 0.4) is 0 Å². The van der Waals surface area contributed by atoms with Crippen LogP contribution in [0.5, 0.6) is 5.75 Å². The molecule has 0 spiro atoms. The van der Waals surface area contributed by atoms with Gasteiger partial charge in [-0.15, -0.1) is 0 Å². The maximum Gasteiger partial charge on any atom is 0.412 e. The van der Waals surface area contributed by atoms with Crippen LogP contribution in [-0.4, -0.2) is 17.1 Å². The molecule has 4 nitrogen and oxygen atoms in total. The van der Waals surface area contributed by atoms with Gasteiger partial charge in [0.25, 0.3) is 0 Å². The summed E-state index contributed by atoms with van der Waals surface area (Å²) in [5.74, 6) is 0.544. The van der Waals surface area contributed by atoms with E-state index in [-0.39, 0.29) is 6.04 Å². The Morgan fingerprint density at radius 2 is 1.86 bits per heavy atom. The van der Waals surface area contributed by atoms with E-state index in [2.05, 4.69) is 22.4 Å². The molecule has 110 valence electrons. The number of amides is 1. The Bertz CT molecular complexity index is 813. The molecule has 1 aliphatic carbocycles. The predicted octanol–water partition coefficient (Wildman–Crippen LogP) is 3.42. The van der Waals surface area contributed by atoms with E-state index in [4.69, 9.17) is 4.74 Å². The smallest absolute Gasteiger partial charge is 0.410 e. The molecule has 0 unspecified atom stereocenters. The first-order chi connectivity index (χ1) is 10.8. The second-order valence-electron chi connectivity index (χ2n) is 5.63. The van der Waals surface area contributed by atoms with Gasteiger partial charge < -0.3 is 15.0 Å². The molecule has 2 N–H and O–H groups in total. The number of aromatic nitrogens is 1. The average molecular weight is 292 g/mol. The van der Waals surface area contributed by atoms with Gasteiger partial charge in [-0.1, -0.05) is 24.3 Å². The molecular formula is C18H16N2O2. The molecular weight excluding hydrogens is 276 g/mol. The molecule has 22 heavy (non-hydrogen) atoms. The molecule has 0 bridgehead atoms. The summed E-state index contributed by atoms with van der Waals surface area (Å²) in [5.41, 5.74) is 3.57. The molecule has 4 heteroatoms. The summed E-state index contributed by atoms with van der Waals surface area (Å²) < 4.78 is 5.38. The van der Waals surface area contributed by atoms with Crippen molar-refractivity contribution in [3.63, 3.8) is 0 Å². The van der Waals surface area contributed by atoms with Crippen LogP contribution in [0.25, 0.3) is 10.9 Å². The summed E-state index contributed by atoms with van der Waals surface area (Å²) in [4.78, 5) is 15.2. The fourth-order valence-corrected chi connectivity index (χ4v) is 3.05. The van der Waals surface area contributed by atoms with Crippen molar-refractivity contribution in [2.24, 2.45) is 0 Å². The Labute approximate surface area is 128 Å². The lowest BCUT2D eigenvalue weighted by molar-refractivity contribution is 0.196. The third kappa shape index (κ3) is 2.44. The zero-order chi connectivity index (χ0) is 14.9. The van der Waals surface area contributed by atoms with E-state index in [1.807, 2.05) is 36.5 Å². The molecule has 0 radical (unpaired) electrons. The highest BCUT2D eigenvalue weighted by Crippen LogP contribution is 2.22. The zero-order valence-electron chi connectivity index (χ0n) is 12.0. The number of hydrogen-bond acceptors (Lipinski definition) is 2. The number of carbonyl (C=O) groups is 1. The molecule has 0 atom stereocenters. The van der Waals surface area contributed by atoms with Crippen LogP contribution in [0.4, 0.5) is 4.79 Å². The summed E-state index contributed by atoms with van der Waals surface area (Å²) in [6.07, 6.45) is 3.19. The number of hydrogen-bond donors (Lipinski definition) is 2. The van der Waals surface area contributed by atoms with E-state index in [1.54, 1.807) is 6.07 Å². The van der Waals surface area contributed by atoms with E-state index in [0.29, 0.717) is 5.75 Å². The van der Waals surface area contributed by atoms with Gasteiger partial charge in [-0.3, -0.25) is 0 Å². The van der Waals surface area contributed by atoms with E-state index in [0.717, 1.165) is 23.7 Å². The molecule has 1 heterocycles. The van der Waals surface area contributed by atoms with Crippen molar-refractivity contribution in [2.75, 3.05) is 0 Å². The van der Waals surface area contributed by atoms with Crippen molar-refractivity contribution in [2.45, 2.75) is 18.9 Å². The third-order valence-electron chi connectivity index (χ3n) is 4.11. The highest BCUT2D eigenvalue weighted by Gasteiger charge is 2.23. The van der Waals surface area contributed by atoms with Gasteiger partial charge in [0.15, 0.2) is 0 Å². The van der Waals surface area contributed by atoms with E-state index < -0.39 is 6.09 Å². The molecule has 1 aliphatic rings. The molecule has 4 rings (SSSR count). The first-order valence-corrected chi connectivity index (χ1v) is 7.40. The first-order valence-electron chi connectivity index (χ1n) is 7.40. The zero-order valence-corrected chi connectivity index (χ0v) is 12.0. The quantitative estimate of drug-likeness (QED) is 0.760. The Balaban J connectivity index is 1.41. The average Bonchev–Trinajstić information content (AvgIpc) is 3.11. The van der Waals surface area contributed by atoms with E-state index >= 15 is 0 Å². The lowest BCUT2D eigenvalue weighted by Crippen LogP contribution is -2.37. The Hall–Kier alpha value is -2.75. The van der Waals surface area contributed by atoms with Crippen molar-refractivity contribution in [3.8, 4) is 5.75 Å². The lowest BCUT2D eigenvalue weighted by Gasteiger charge is -2.12. The second-order valence-corrected chi connectivity index (χ2v) is 5.63. The largest absolute Gasteiger partial charge is 0.412 e. The van der Waals surface area contributed by atoms with Crippen LogP contribution in [0.2, 0.25) is 0 Å². The number of H-pyrrole nitrogens is 1. The fraction of sp³-hybridized carbons (Fsp3) is 0.167. The second kappa shape index (κ2) is 5.22. The molecule has 2 aromatic carbocycles. The van der Waals surface area contributed by atoms with Crippen LogP contribution >= 0.6 is 0 Å². The topological polar surface area (TPSA) is 54.1 Å². The first kappa shape index (κ1) is 13.0. The van der Waals surface area contributed by atoms with Gasteiger partial charge in [0.1, 0.15) is 5.75 Å². The van der Waals surface area contributed by atoms with Gasteiger partial charge >= 0.3 is 6.09 Å². The summed E-state index contributed by atoms with van der Waals surface area (Å²) >= 11 is 0. The van der Waals surface area contributed by atoms with E-state index in [1.165, 1.54) is 11.1 Å². The van der Waals surface area contributed by atoms with Gasteiger partial charge in [0, 0.05) is 23.8 Å². The minimum Gasteiger partial charge on any atom is -0.410 e. The predicted molar refractivity (Wildman–Crippen MR) is 85.1 cm³/mol. The summed E-state index contributed by atoms with van der Waals surface area (Å²) in [6, 6.07) is 15.9. The lowest BCUT2D eigenvalue weighted by atomic mass is 10.1. The highest BCUT2D eigenvalue weighted by atomic mass is 16.6. The Morgan fingerprint density at radius 1 is 1.09 bits per heavy atom. The third-order valence-corrected chi connectivity index (χ3v) is 4.11. The molecule has 0 aliphatic heterocycles. The van der Waals surface area contributed by atoms with Crippen molar-refractivity contribution >= 4 is 17.0 Å². The maximum atomic E-state index is 12.1. The number of fused-ring (bicyclic) bond motifs is 2. The SMILES string of the molecule is O=C(NC1Cc2ccccc2C1)Oc1ccc2cc[nH]c2c1. The number of ether oxygens (including phenoxy) is 1. The number of aromatic amines is 1. The maximum absolute atomic E-state index is 12.1. The van der Waals surface area contributed by atoms with Gasteiger partial charge in [0.2, 0.25) is 0 Å². The van der Waals surface area contributed by atoms with Crippen molar-refractivity contribution in [1.82, 2.24) is 10.3 Å². The van der Waals surface area contributed by atoms with Gasteiger partial charge in [-0.25, -0.2) is 4.79 Å². The molecule has 1 amide bonds. The van der Waals surface area contributed by atoms with E-state index in [9.17, 15) is 4.79 Å². The summed E-state index contributed by atoms with van der Waals surface area (Å²) in [5, 5.41) is 4.04. The summed E-state index contributed by atoms with van der Waals surface area (Å²) in [6.45, 7) is 0. The van der Waals surface area contributed by atoms with Gasteiger partial charge in [0.05, 0.1) is 0 Å². The minimum absolute atomic E-state index is 0.110. The number of benzene rings is 2. The Kier molecular flexibility index (Phi) is 3.07. The van der Waals surface area contributed by atoms with Crippen LogP contribution in [0, 0.1) is 0 Å². The van der Waals surface area contributed by atoms with Crippen LogP contribution in [0.1, 0.15) is 11.1 Å².